The van der Waals surface area contributed by atoms with Crippen LogP contribution in [0.25, 0.3) is 0 Å². The molecular weight excluding hydrogens is 176 g/mol. The Labute approximate surface area is 83.9 Å². The van der Waals surface area contributed by atoms with Crippen molar-refractivity contribution in [1.29, 1.82) is 0 Å². The zero-order valence-electron chi connectivity index (χ0n) is 8.32. The quantitative estimate of drug-likeness (QED) is 0.636. The first-order valence-electron chi connectivity index (χ1n) is 4.98. The average molecular weight is 190 g/mol. The number of esters is 1. The second-order valence-corrected chi connectivity index (χ2v) is 3.82. The van der Waals surface area contributed by atoms with Crippen LogP contribution >= 0.6 is 0 Å². The molecule has 2 rings (SSSR count). The van der Waals surface area contributed by atoms with Crippen molar-refractivity contribution < 1.29 is 9.53 Å². The first-order chi connectivity index (χ1) is 6.75. The number of aryl methyl sites for hydroxylation is 1. The van der Waals surface area contributed by atoms with Crippen LogP contribution in [0.1, 0.15) is 29.9 Å². The van der Waals surface area contributed by atoms with Crippen molar-refractivity contribution in [3.63, 3.8) is 0 Å². The molecule has 1 aliphatic rings. The van der Waals surface area contributed by atoms with Crippen molar-refractivity contribution in [2.24, 2.45) is 0 Å². The molecule has 1 saturated heterocycles. The topological polar surface area (TPSA) is 26.3 Å². The average Bonchev–Trinajstić information content (AvgIpc) is 2.18. The fourth-order valence-corrected chi connectivity index (χ4v) is 1.89. The van der Waals surface area contributed by atoms with Gasteiger partial charge in [0.15, 0.2) is 0 Å². The SMILES string of the molecule is Cc1cccc([C@H]2CCOC(=O)C2)c1. The highest BCUT2D eigenvalue weighted by Crippen LogP contribution is 2.27. The van der Waals surface area contributed by atoms with Crippen molar-refractivity contribution in [3.05, 3.63) is 35.4 Å². The Hall–Kier alpha value is -1.31. The number of ether oxygens (including phenoxy) is 1. The summed E-state index contributed by atoms with van der Waals surface area (Å²) in [5.74, 6) is 0.291. The maximum Gasteiger partial charge on any atom is 0.306 e. The Morgan fingerprint density at radius 1 is 1.43 bits per heavy atom. The minimum Gasteiger partial charge on any atom is -0.466 e. The van der Waals surface area contributed by atoms with Crippen LogP contribution in [-0.2, 0) is 9.53 Å². The van der Waals surface area contributed by atoms with E-state index in [0.29, 0.717) is 18.9 Å². The Kier molecular flexibility index (Phi) is 2.53. The number of carbonyl (C=O) groups excluding carboxylic acids is 1. The second-order valence-electron chi connectivity index (χ2n) is 3.82. The minimum absolute atomic E-state index is 0.0669. The molecule has 2 nitrogen and oxygen atoms in total. The monoisotopic (exact) mass is 190 g/mol. The molecule has 0 unspecified atom stereocenters. The largest absolute Gasteiger partial charge is 0.466 e. The summed E-state index contributed by atoms with van der Waals surface area (Å²) >= 11 is 0. The molecule has 0 amide bonds. The first-order valence-corrected chi connectivity index (χ1v) is 4.98. The Balaban J connectivity index is 2.17. The van der Waals surface area contributed by atoms with E-state index < -0.39 is 0 Å². The summed E-state index contributed by atoms with van der Waals surface area (Å²) in [5.41, 5.74) is 2.52. The maximum atomic E-state index is 11.1. The zero-order chi connectivity index (χ0) is 9.97. The summed E-state index contributed by atoms with van der Waals surface area (Å²) in [6.45, 7) is 2.64. The third kappa shape index (κ3) is 1.95. The van der Waals surface area contributed by atoms with Crippen LogP contribution < -0.4 is 0 Å². The summed E-state index contributed by atoms with van der Waals surface area (Å²) in [7, 11) is 0. The molecule has 14 heavy (non-hydrogen) atoms. The highest BCUT2D eigenvalue weighted by atomic mass is 16.5. The van der Waals surface area contributed by atoms with Gasteiger partial charge in [-0.05, 0) is 24.8 Å². The number of rotatable bonds is 1. The van der Waals surface area contributed by atoms with Gasteiger partial charge in [-0.1, -0.05) is 29.8 Å². The molecule has 0 aliphatic carbocycles. The molecule has 0 radical (unpaired) electrons. The molecule has 1 heterocycles. The molecule has 0 N–H and O–H groups in total. The van der Waals surface area contributed by atoms with Crippen LogP contribution in [0.2, 0.25) is 0 Å². The van der Waals surface area contributed by atoms with Crippen molar-refractivity contribution in [3.8, 4) is 0 Å². The molecule has 74 valence electrons. The van der Waals surface area contributed by atoms with E-state index in [2.05, 4.69) is 25.1 Å². The molecule has 0 saturated carbocycles. The van der Waals surface area contributed by atoms with E-state index in [9.17, 15) is 4.79 Å². The fraction of sp³-hybridized carbons (Fsp3) is 0.417. The number of hydrogen-bond donors (Lipinski definition) is 0. The first kappa shape index (κ1) is 9.25. The summed E-state index contributed by atoms with van der Waals surface area (Å²) < 4.78 is 4.92. The molecule has 1 aromatic rings. The molecule has 1 aliphatic heterocycles. The van der Waals surface area contributed by atoms with Gasteiger partial charge in [0.25, 0.3) is 0 Å². The van der Waals surface area contributed by atoms with Crippen LogP contribution in [-0.4, -0.2) is 12.6 Å². The van der Waals surface area contributed by atoms with E-state index in [4.69, 9.17) is 4.74 Å². The van der Waals surface area contributed by atoms with Crippen molar-refractivity contribution >= 4 is 5.97 Å². The van der Waals surface area contributed by atoms with Crippen molar-refractivity contribution in [2.45, 2.75) is 25.7 Å². The van der Waals surface area contributed by atoms with Crippen LogP contribution in [0.4, 0.5) is 0 Å². The Bertz CT molecular complexity index is 344. The summed E-state index contributed by atoms with van der Waals surface area (Å²) in [5, 5.41) is 0. The summed E-state index contributed by atoms with van der Waals surface area (Å²) in [6.07, 6.45) is 1.48. The van der Waals surface area contributed by atoms with Crippen molar-refractivity contribution in [1.82, 2.24) is 0 Å². The third-order valence-corrected chi connectivity index (χ3v) is 2.66. The highest BCUT2D eigenvalue weighted by molar-refractivity contribution is 5.71. The van der Waals surface area contributed by atoms with Crippen LogP contribution in [0.15, 0.2) is 24.3 Å². The predicted molar refractivity (Wildman–Crippen MR) is 54.1 cm³/mol. The van der Waals surface area contributed by atoms with E-state index in [1.807, 2.05) is 6.07 Å². The van der Waals surface area contributed by atoms with Gasteiger partial charge in [-0.25, -0.2) is 0 Å². The lowest BCUT2D eigenvalue weighted by atomic mass is 9.91. The van der Waals surface area contributed by atoms with E-state index in [1.165, 1.54) is 11.1 Å². The van der Waals surface area contributed by atoms with Gasteiger partial charge in [0.2, 0.25) is 0 Å². The number of benzene rings is 1. The summed E-state index contributed by atoms with van der Waals surface area (Å²) in [6, 6.07) is 8.37. The Morgan fingerprint density at radius 2 is 2.29 bits per heavy atom. The van der Waals surface area contributed by atoms with Gasteiger partial charge < -0.3 is 4.74 Å². The molecule has 1 aromatic carbocycles. The van der Waals surface area contributed by atoms with Crippen LogP contribution in [0.3, 0.4) is 0 Å². The number of carbonyl (C=O) groups is 1. The van der Waals surface area contributed by atoms with E-state index in [1.54, 1.807) is 0 Å². The van der Waals surface area contributed by atoms with E-state index >= 15 is 0 Å². The predicted octanol–water partition coefficient (Wildman–Crippen LogP) is 2.42. The standard InChI is InChI=1S/C12H14O2/c1-9-3-2-4-10(7-9)11-5-6-14-12(13)8-11/h2-4,7,11H,5-6,8H2,1H3/t11-/m0/s1. The lowest BCUT2D eigenvalue weighted by Gasteiger charge is -2.21. The number of cyclic esters (lactones) is 1. The zero-order valence-corrected chi connectivity index (χ0v) is 8.32. The molecule has 1 atom stereocenters. The van der Waals surface area contributed by atoms with Crippen LogP contribution in [0.5, 0.6) is 0 Å². The minimum atomic E-state index is -0.0669. The van der Waals surface area contributed by atoms with Crippen LogP contribution in [0, 0.1) is 6.92 Å². The molecule has 0 bridgehead atoms. The third-order valence-electron chi connectivity index (χ3n) is 2.66. The van der Waals surface area contributed by atoms with Crippen molar-refractivity contribution in [2.75, 3.05) is 6.61 Å². The van der Waals surface area contributed by atoms with E-state index in [0.717, 1.165) is 6.42 Å². The number of hydrogen-bond acceptors (Lipinski definition) is 2. The van der Waals surface area contributed by atoms with Gasteiger partial charge in [0, 0.05) is 0 Å². The van der Waals surface area contributed by atoms with Gasteiger partial charge in [-0.15, -0.1) is 0 Å². The maximum absolute atomic E-state index is 11.1. The Morgan fingerprint density at radius 3 is 3.00 bits per heavy atom. The molecule has 0 aromatic heterocycles. The second kappa shape index (κ2) is 3.82. The molecule has 1 fully saturated rings. The summed E-state index contributed by atoms with van der Waals surface area (Å²) in [4.78, 5) is 11.1. The van der Waals surface area contributed by atoms with Gasteiger partial charge in [0.1, 0.15) is 0 Å². The normalized spacial score (nSPS) is 21.8. The fourth-order valence-electron chi connectivity index (χ4n) is 1.89. The van der Waals surface area contributed by atoms with Gasteiger partial charge in [-0.3, -0.25) is 4.79 Å². The molecular formula is C12H14O2. The smallest absolute Gasteiger partial charge is 0.306 e. The molecule has 2 heteroatoms. The van der Waals surface area contributed by atoms with Gasteiger partial charge in [0.05, 0.1) is 13.0 Å². The van der Waals surface area contributed by atoms with Gasteiger partial charge >= 0.3 is 5.97 Å². The van der Waals surface area contributed by atoms with E-state index in [-0.39, 0.29) is 5.97 Å². The lowest BCUT2D eigenvalue weighted by molar-refractivity contribution is -0.147. The molecule has 0 spiro atoms. The highest BCUT2D eigenvalue weighted by Gasteiger charge is 2.21. The lowest BCUT2D eigenvalue weighted by Crippen LogP contribution is -2.19. The van der Waals surface area contributed by atoms with Gasteiger partial charge in [-0.2, -0.15) is 0 Å².